The Labute approximate surface area is 173 Å². The van der Waals surface area contributed by atoms with E-state index in [1.807, 2.05) is 57.2 Å². The number of aryl methyl sites for hydroxylation is 3. The molecular weight excluding hydrogens is 420 g/mol. The number of nitrogens with one attached hydrogen (secondary N) is 1. The van der Waals surface area contributed by atoms with E-state index in [1.54, 1.807) is 7.05 Å². The molecule has 6 heteroatoms. The molecule has 2 aromatic rings. The van der Waals surface area contributed by atoms with Gasteiger partial charge in [-0.15, -0.1) is 0 Å². The number of rotatable bonds is 4. The molecule has 0 bridgehead atoms. The first kappa shape index (κ1) is 20.1. The van der Waals surface area contributed by atoms with Gasteiger partial charge in [-0.1, -0.05) is 33.6 Å². The van der Waals surface area contributed by atoms with E-state index in [0.717, 1.165) is 38.2 Å². The van der Waals surface area contributed by atoms with E-state index in [0.29, 0.717) is 5.57 Å². The Kier molecular flexibility index (Phi) is 5.89. The van der Waals surface area contributed by atoms with Crippen molar-refractivity contribution in [2.24, 2.45) is 0 Å². The van der Waals surface area contributed by atoms with Gasteiger partial charge in [0, 0.05) is 22.8 Å². The zero-order chi connectivity index (χ0) is 20.4. The number of halogens is 1. The summed E-state index contributed by atoms with van der Waals surface area (Å²) in [5.41, 5.74) is 5.32. The molecule has 0 spiro atoms. The van der Waals surface area contributed by atoms with Crippen LogP contribution >= 0.6 is 15.9 Å². The standard InChI is InChI=1S/C22H23BrN2O3/c1-13-7-14(2)21(15(3)8-13)24-20(26)11-25(4)22(27)17-9-16-10-18(23)5-6-19(16)28-12-17/h5-10H,11-12H2,1-4H3,(H,24,26). The van der Waals surface area contributed by atoms with Gasteiger partial charge in [0.15, 0.2) is 0 Å². The van der Waals surface area contributed by atoms with E-state index in [2.05, 4.69) is 21.2 Å². The van der Waals surface area contributed by atoms with Crippen LogP contribution in [0.25, 0.3) is 6.08 Å². The number of amides is 2. The molecule has 0 unspecified atom stereocenters. The highest BCUT2D eigenvalue weighted by molar-refractivity contribution is 9.10. The van der Waals surface area contributed by atoms with Gasteiger partial charge in [-0.3, -0.25) is 9.59 Å². The van der Waals surface area contributed by atoms with Crippen LogP contribution in [0, 0.1) is 20.8 Å². The summed E-state index contributed by atoms with van der Waals surface area (Å²) in [6.07, 6.45) is 1.81. The highest BCUT2D eigenvalue weighted by Gasteiger charge is 2.22. The Bertz CT molecular complexity index is 959. The topological polar surface area (TPSA) is 58.6 Å². The predicted molar refractivity (Wildman–Crippen MR) is 115 cm³/mol. The van der Waals surface area contributed by atoms with E-state index in [-0.39, 0.29) is 25.0 Å². The number of hydrogen-bond acceptors (Lipinski definition) is 3. The summed E-state index contributed by atoms with van der Waals surface area (Å²) in [4.78, 5) is 26.6. The van der Waals surface area contributed by atoms with Gasteiger partial charge in [-0.05, 0) is 56.2 Å². The van der Waals surface area contributed by atoms with E-state index in [1.165, 1.54) is 4.90 Å². The van der Waals surface area contributed by atoms with Crippen LogP contribution in [0.4, 0.5) is 5.69 Å². The first-order valence-electron chi connectivity index (χ1n) is 9.00. The fourth-order valence-corrected chi connectivity index (χ4v) is 3.74. The van der Waals surface area contributed by atoms with Crippen molar-refractivity contribution < 1.29 is 14.3 Å². The summed E-state index contributed by atoms with van der Waals surface area (Å²) in [6.45, 7) is 6.10. The third kappa shape index (κ3) is 4.44. The molecule has 3 rings (SSSR count). The van der Waals surface area contributed by atoms with Crippen molar-refractivity contribution in [3.05, 3.63) is 62.6 Å². The van der Waals surface area contributed by atoms with Crippen molar-refractivity contribution in [3.63, 3.8) is 0 Å². The van der Waals surface area contributed by atoms with Crippen molar-refractivity contribution in [3.8, 4) is 5.75 Å². The van der Waals surface area contributed by atoms with Crippen molar-refractivity contribution in [2.75, 3.05) is 25.5 Å². The minimum absolute atomic E-state index is 0.0335. The highest BCUT2D eigenvalue weighted by Crippen LogP contribution is 2.29. The van der Waals surface area contributed by atoms with Gasteiger partial charge in [-0.25, -0.2) is 0 Å². The van der Waals surface area contributed by atoms with E-state index in [9.17, 15) is 9.59 Å². The fraction of sp³-hybridized carbons (Fsp3) is 0.273. The monoisotopic (exact) mass is 442 g/mol. The normalized spacial score (nSPS) is 12.5. The minimum Gasteiger partial charge on any atom is -0.488 e. The van der Waals surface area contributed by atoms with Crippen molar-refractivity contribution in [1.82, 2.24) is 4.90 Å². The van der Waals surface area contributed by atoms with Crippen LogP contribution in [0.1, 0.15) is 22.3 Å². The maximum absolute atomic E-state index is 12.7. The van der Waals surface area contributed by atoms with Crippen LogP contribution in [0.5, 0.6) is 5.75 Å². The molecule has 2 amide bonds. The summed E-state index contributed by atoms with van der Waals surface area (Å²) in [6, 6.07) is 9.71. The molecule has 2 aromatic carbocycles. The van der Waals surface area contributed by atoms with E-state index >= 15 is 0 Å². The fourth-order valence-electron chi connectivity index (χ4n) is 3.36. The number of benzene rings is 2. The number of likely N-dealkylation sites (N-methyl/N-ethyl adjacent to an activating group) is 1. The van der Waals surface area contributed by atoms with Gasteiger partial charge in [0.2, 0.25) is 5.91 Å². The van der Waals surface area contributed by atoms with Crippen LogP contribution < -0.4 is 10.1 Å². The van der Waals surface area contributed by atoms with Gasteiger partial charge in [0.25, 0.3) is 5.91 Å². The van der Waals surface area contributed by atoms with Crippen LogP contribution in [-0.4, -0.2) is 36.9 Å². The van der Waals surface area contributed by atoms with E-state index in [4.69, 9.17) is 4.74 Å². The number of nitrogens with zero attached hydrogens (tertiary/aromatic N) is 1. The second-order valence-corrected chi connectivity index (χ2v) is 8.04. The first-order valence-corrected chi connectivity index (χ1v) is 9.80. The number of carbonyl (C=O) groups excluding carboxylic acids is 2. The summed E-state index contributed by atoms with van der Waals surface area (Å²) >= 11 is 3.42. The second-order valence-electron chi connectivity index (χ2n) is 7.12. The van der Waals surface area contributed by atoms with E-state index < -0.39 is 0 Å². The summed E-state index contributed by atoms with van der Waals surface area (Å²) in [5, 5.41) is 2.93. The molecule has 0 saturated heterocycles. The Balaban J connectivity index is 1.68. The summed E-state index contributed by atoms with van der Waals surface area (Å²) in [7, 11) is 1.62. The smallest absolute Gasteiger partial charge is 0.253 e. The molecule has 0 aliphatic carbocycles. The molecule has 0 aromatic heterocycles. The van der Waals surface area contributed by atoms with Crippen molar-refractivity contribution in [2.45, 2.75) is 20.8 Å². The average Bonchev–Trinajstić information content (AvgIpc) is 2.63. The Morgan fingerprint density at radius 3 is 2.50 bits per heavy atom. The molecule has 28 heavy (non-hydrogen) atoms. The summed E-state index contributed by atoms with van der Waals surface area (Å²) < 4.78 is 6.58. The van der Waals surface area contributed by atoms with Crippen LogP contribution in [-0.2, 0) is 9.59 Å². The molecule has 1 aliphatic rings. The maximum atomic E-state index is 12.7. The maximum Gasteiger partial charge on any atom is 0.253 e. The van der Waals surface area contributed by atoms with Gasteiger partial charge in [0.1, 0.15) is 12.4 Å². The Morgan fingerprint density at radius 1 is 1.14 bits per heavy atom. The van der Waals surface area contributed by atoms with Crippen molar-refractivity contribution >= 4 is 39.5 Å². The third-order valence-corrected chi connectivity index (χ3v) is 5.12. The molecule has 1 aliphatic heterocycles. The molecule has 5 nitrogen and oxygen atoms in total. The predicted octanol–water partition coefficient (Wildman–Crippen LogP) is 4.25. The lowest BCUT2D eigenvalue weighted by Gasteiger charge is -2.22. The lowest BCUT2D eigenvalue weighted by atomic mass is 10.1. The molecule has 1 heterocycles. The second kappa shape index (κ2) is 8.19. The number of fused-ring (bicyclic) bond motifs is 1. The molecule has 0 radical (unpaired) electrons. The lowest BCUT2D eigenvalue weighted by molar-refractivity contribution is -0.130. The van der Waals surface area contributed by atoms with Gasteiger partial charge < -0.3 is 15.0 Å². The highest BCUT2D eigenvalue weighted by atomic mass is 79.9. The molecule has 0 saturated carbocycles. The quantitative estimate of drug-likeness (QED) is 0.769. The van der Waals surface area contributed by atoms with Crippen LogP contribution in [0.2, 0.25) is 0 Å². The SMILES string of the molecule is Cc1cc(C)c(NC(=O)CN(C)C(=O)C2=Cc3cc(Br)ccc3OC2)c(C)c1. The average molecular weight is 443 g/mol. The number of carbonyl (C=O) groups is 2. The summed E-state index contributed by atoms with van der Waals surface area (Å²) in [5.74, 6) is 0.287. The molecule has 0 fully saturated rings. The number of anilines is 1. The molecule has 0 atom stereocenters. The van der Waals surface area contributed by atoms with Gasteiger partial charge >= 0.3 is 0 Å². The largest absolute Gasteiger partial charge is 0.488 e. The minimum atomic E-state index is -0.230. The zero-order valence-electron chi connectivity index (χ0n) is 16.4. The number of hydrogen-bond donors (Lipinski definition) is 1. The number of ether oxygens (including phenoxy) is 1. The Hall–Kier alpha value is -2.60. The molecular formula is C22H23BrN2O3. The molecule has 1 N–H and O–H groups in total. The van der Waals surface area contributed by atoms with Gasteiger partial charge in [0.05, 0.1) is 12.1 Å². The first-order chi connectivity index (χ1) is 13.2. The van der Waals surface area contributed by atoms with Crippen LogP contribution in [0.3, 0.4) is 0 Å². The lowest BCUT2D eigenvalue weighted by Crippen LogP contribution is -2.37. The van der Waals surface area contributed by atoms with Gasteiger partial charge in [-0.2, -0.15) is 0 Å². The third-order valence-electron chi connectivity index (χ3n) is 4.63. The Morgan fingerprint density at radius 2 is 1.82 bits per heavy atom. The van der Waals surface area contributed by atoms with Crippen molar-refractivity contribution in [1.29, 1.82) is 0 Å². The zero-order valence-corrected chi connectivity index (χ0v) is 18.0. The van der Waals surface area contributed by atoms with Crippen LogP contribution in [0.15, 0.2) is 40.4 Å². The molecule has 146 valence electrons.